The Labute approximate surface area is 148 Å². The van der Waals surface area contributed by atoms with E-state index in [2.05, 4.69) is 4.72 Å². The van der Waals surface area contributed by atoms with Crippen LogP contribution in [0.15, 0.2) is 23.1 Å². The van der Waals surface area contributed by atoms with Gasteiger partial charge in [0.15, 0.2) is 0 Å². The van der Waals surface area contributed by atoms with Gasteiger partial charge in [0.1, 0.15) is 10.4 Å². The third-order valence-corrected chi connectivity index (χ3v) is 6.18. The van der Waals surface area contributed by atoms with Gasteiger partial charge in [0, 0.05) is 0 Å². The summed E-state index contributed by atoms with van der Waals surface area (Å²) in [7, 11) is -3.34. The molecule has 0 spiro atoms. The van der Waals surface area contributed by atoms with E-state index in [0.29, 0.717) is 25.0 Å². The molecule has 25 heavy (non-hydrogen) atoms. The van der Waals surface area contributed by atoms with Crippen molar-refractivity contribution in [3.63, 3.8) is 0 Å². The molecule has 2 rings (SSSR count). The zero-order valence-electron chi connectivity index (χ0n) is 13.3. The molecule has 140 valence electrons. The Balaban J connectivity index is 2.46. The van der Waals surface area contributed by atoms with E-state index in [1.807, 2.05) is 0 Å². The molecule has 0 radical (unpaired) electrons. The third-order valence-electron chi connectivity index (χ3n) is 4.16. The molecule has 0 unspecified atom stereocenters. The average molecular weight is 400 g/mol. The number of carbonyl (C=O) groups excluding carboxylic acids is 1. The van der Waals surface area contributed by atoms with Crippen molar-refractivity contribution in [3.8, 4) is 0 Å². The van der Waals surface area contributed by atoms with Crippen LogP contribution in [-0.2, 0) is 25.7 Å². The number of benzene rings is 1. The predicted molar refractivity (Wildman–Crippen MR) is 84.6 cm³/mol. The number of ether oxygens (including phenoxy) is 1. The number of nitrogens with one attached hydrogen (secondary N) is 1. The fourth-order valence-corrected chi connectivity index (χ4v) is 4.84. The lowest BCUT2D eigenvalue weighted by Crippen LogP contribution is -2.56. The minimum Gasteiger partial charge on any atom is -0.468 e. The molecule has 1 aliphatic carbocycles. The molecule has 0 saturated heterocycles. The molecule has 0 aromatic heterocycles. The highest BCUT2D eigenvalue weighted by molar-refractivity contribution is 7.89. The van der Waals surface area contributed by atoms with Crippen LogP contribution in [0.2, 0.25) is 5.02 Å². The molecule has 5 nitrogen and oxygen atoms in total. The zero-order valence-corrected chi connectivity index (χ0v) is 14.9. The fraction of sp³-hybridized carbons (Fsp3) is 0.533. The van der Waals surface area contributed by atoms with Crippen LogP contribution in [-0.4, -0.2) is 27.0 Å². The predicted octanol–water partition coefficient (Wildman–Crippen LogP) is 3.51. The molecule has 0 bridgehead atoms. The van der Waals surface area contributed by atoms with E-state index < -0.39 is 38.2 Å². The lowest BCUT2D eigenvalue weighted by Gasteiger charge is -2.34. The van der Waals surface area contributed by atoms with E-state index in [0.717, 1.165) is 19.6 Å². The van der Waals surface area contributed by atoms with Crippen molar-refractivity contribution >= 4 is 27.6 Å². The summed E-state index contributed by atoms with van der Waals surface area (Å²) in [4.78, 5) is 11.4. The monoisotopic (exact) mass is 399 g/mol. The highest BCUT2D eigenvalue weighted by Gasteiger charge is 2.45. The van der Waals surface area contributed by atoms with Crippen LogP contribution >= 0.6 is 11.6 Å². The first-order valence-electron chi connectivity index (χ1n) is 7.51. The van der Waals surface area contributed by atoms with Crippen LogP contribution in [0.4, 0.5) is 13.2 Å². The second-order valence-corrected chi connectivity index (χ2v) is 7.94. The Hall–Kier alpha value is -1.32. The van der Waals surface area contributed by atoms with Gasteiger partial charge in [-0.1, -0.05) is 30.9 Å². The van der Waals surface area contributed by atoms with Crippen molar-refractivity contribution in [1.29, 1.82) is 0 Å². The molecule has 1 fully saturated rings. The average Bonchev–Trinajstić information content (AvgIpc) is 2.53. The highest BCUT2D eigenvalue weighted by Crippen LogP contribution is 2.35. The molecule has 10 heteroatoms. The summed E-state index contributed by atoms with van der Waals surface area (Å²) in [5.41, 5.74) is -2.64. The molecule has 1 N–H and O–H groups in total. The minimum atomic E-state index is -4.72. The van der Waals surface area contributed by atoms with Crippen molar-refractivity contribution in [2.24, 2.45) is 0 Å². The maximum absolute atomic E-state index is 12.9. The first-order valence-corrected chi connectivity index (χ1v) is 9.37. The summed E-state index contributed by atoms with van der Waals surface area (Å²) in [6.45, 7) is 0. The number of carbonyl (C=O) groups is 1. The van der Waals surface area contributed by atoms with E-state index in [9.17, 15) is 26.4 Å². The van der Waals surface area contributed by atoms with Crippen LogP contribution in [0.5, 0.6) is 0 Å². The number of sulfonamides is 1. The molecule has 0 atom stereocenters. The summed E-state index contributed by atoms with van der Waals surface area (Å²) in [6, 6.07) is 2.02. The first kappa shape index (κ1) is 20.0. The molecular weight excluding hydrogens is 383 g/mol. The number of hydrogen-bond acceptors (Lipinski definition) is 4. The lowest BCUT2D eigenvalue weighted by molar-refractivity contribution is -0.149. The Morgan fingerprint density at radius 3 is 2.36 bits per heavy atom. The van der Waals surface area contributed by atoms with Crippen molar-refractivity contribution in [2.45, 2.75) is 48.7 Å². The second-order valence-electron chi connectivity index (χ2n) is 5.88. The Morgan fingerprint density at radius 2 is 1.84 bits per heavy atom. The Morgan fingerprint density at radius 1 is 1.24 bits per heavy atom. The molecule has 0 aliphatic heterocycles. The van der Waals surface area contributed by atoms with E-state index in [1.54, 1.807) is 0 Å². The third kappa shape index (κ3) is 4.27. The quantitative estimate of drug-likeness (QED) is 0.786. The number of hydrogen-bond donors (Lipinski definition) is 1. The van der Waals surface area contributed by atoms with Gasteiger partial charge >= 0.3 is 12.1 Å². The summed E-state index contributed by atoms with van der Waals surface area (Å²) in [6.07, 6.45) is -2.31. The Kier molecular flexibility index (Phi) is 5.70. The van der Waals surface area contributed by atoms with E-state index in [-0.39, 0.29) is 17.9 Å². The maximum Gasteiger partial charge on any atom is 0.416 e. The lowest BCUT2D eigenvalue weighted by atomic mass is 9.83. The van der Waals surface area contributed by atoms with Gasteiger partial charge < -0.3 is 4.74 Å². The van der Waals surface area contributed by atoms with Crippen LogP contribution in [0, 0.1) is 0 Å². The second kappa shape index (κ2) is 7.13. The molecule has 0 heterocycles. The van der Waals surface area contributed by atoms with Gasteiger partial charge in [0.2, 0.25) is 10.0 Å². The van der Waals surface area contributed by atoms with E-state index >= 15 is 0 Å². The van der Waals surface area contributed by atoms with Gasteiger partial charge in [-0.05, 0) is 31.0 Å². The van der Waals surface area contributed by atoms with Gasteiger partial charge in [0.05, 0.1) is 17.7 Å². The number of alkyl halides is 3. The molecule has 0 amide bonds. The van der Waals surface area contributed by atoms with Gasteiger partial charge in [-0.3, -0.25) is 4.79 Å². The summed E-state index contributed by atoms with van der Waals surface area (Å²) in [5, 5.41) is -0.365. The molecule has 1 aliphatic rings. The number of rotatable bonds is 4. The van der Waals surface area contributed by atoms with Gasteiger partial charge in [-0.25, -0.2) is 8.42 Å². The SMILES string of the molecule is COC(=O)C1(NS(=O)(=O)c2cc(C(F)(F)F)ccc2Cl)CCCCC1. The van der Waals surface area contributed by atoms with E-state index in [1.165, 1.54) is 0 Å². The summed E-state index contributed by atoms with van der Waals surface area (Å²) < 4.78 is 70.9. The van der Waals surface area contributed by atoms with Crippen LogP contribution in [0.3, 0.4) is 0 Å². The largest absolute Gasteiger partial charge is 0.468 e. The molecule has 1 aromatic carbocycles. The normalized spacial score (nSPS) is 18.0. The number of esters is 1. The van der Waals surface area contributed by atoms with Crippen LogP contribution in [0.25, 0.3) is 0 Å². The highest BCUT2D eigenvalue weighted by atomic mass is 35.5. The van der Waals surface area contributed by atoms with Gasteiger partial charge in [-0.15, -0.1) is 0 Å². The summed E-state index contributed by atoms with van der Waals surface area (Å²) >= 11 is 5.80. The smallest absolute Gasteiger partial charge is 0.416 e. The zero-order chi connectivity index (χ0) is 18.9. The van der Waals surface area contributed by atoms with Gasteiger partial charge in [0.25, 0.3) is 0 Å². The van der Waals surface area contributed by atoms with E-state index in [4.69, 9.17) is 16.3 Å². The minimum absolute atomic E-state index is 0.204. The van der Waals surface area contributed by atoms with Crippen LogP contribution in [0.1, 0.15) is 37.7 Å². The number of methoxy groups -OCH3 is 1. The molecule has 1 saturated carbocycles. The first-order chi connectivity index (χ1) is 11.5. The number of halogens is 4. The fourth-order valence-electron chi connectivity index (χ4n) is 2.90. The van der Waals surface area contributed by atoms with Gasteiger partial charge in [-0.2, -0.15) is 17.9 Å². The van der Waals surface area contributed by atoms with Crippen molar-refractivity contribution in [2.75, 3.05) is 7.11 Å². The van der Waals surface area contributed by atoms with Crippen molar-refractivity contribution in [3.05, 3.63) is 28.8 Å². The topological polar surface area (TPSA) is 72.5 Å². The van der Waals surface area contributed by atoms with Crippen LogP contribution < -0.4 is 4.72 Å². The van der Waals surface area contributed by atoms with Crippen molar-refractivity contribution in [1.82, 2.24) is 4.72 Å². The Bertz CT molecular complexity index is 759. The molecule has 1 aromatic rings. The summed E-state index contributed by atoms with van der Waals surface area (Å²) in [5.74, 6) is -0.765. The van der Waals surface area contributed by atoms with Crippen molar-refractivity contribution < 1.29 is 31.1 Å². The standard InChI is InChI=1S/C15H17ClF3NO4S/c1-24-13(21)14(7-3-2-4-8-14)20-25(22,23)12-9-10(15(17,18)19)5-6-11(12)16/h5-6,9,20H,2-4,7-8H2,1H3. The maximum atomic E-state index is 12.9. The molecular formula is C15H17ClF3NO4S.